The molecule has 0 radical (unpaired) electrons. The molecule has 1 aliphatic heterocycles. The zero-order valence-corrected chi connectivity index (χ0v) is 22.4. The molecule has 0 amide bonds. The Balaban J connectivity index is 1.38. The Labute approximate surface area is 297 Å². The fourth-order valence-corrected chi connectivity index (χ4v) is 5.61. The molecule has 0 aromatic heterocycles. The van der Waals surface area contributed by atoms with Gasteiger partial charge in [0.05, 0.1) is 35.6 Å². The standard InChI is InChI=1S/C44H26O/c1-2-7-27(8-3-1)31-19-23-40-39(26-31)37-14-6-13-36-35(22-24-41(45-40)44(36)37)33-12-5-11-32(25-33)34-20-17-30-16-15-28-9-4-10-29-18-21-38(34)43(30)42(28)29/h1-26H/i1D,2D,3D,4D,5D,6D,7D,8D,9D,10D,11D,12D,13D,14D,15D,16D,17D,18D,19D,20D,21D,22D,23D,24D,25D,26D. The van der Waals surface area contributed by atoms with Gasteiger partial charge in [0.1, 0.15) is 11.5 Å². The smallest absolute Gasteiger partial charge is 0.135 e. The number of hydrogen-bond acceptors (Lipinski definition) is 1. The molecule has 0 saturated carbocycles. The average Bonchev–Trinajstić information content (AvgIpc) is 3.33. The van der Waals surface area contributed by atoms with Crippen molar-refractivity contribution in [3.05, 3.63) is 157 Å². The topological polar surface area (TPSA) is 9.23 Å². The van der Waals surface area contributed by atoms with Crippen LogP contribution in [-0.2, 0) is 0 Å². The van der Waals surface area contributed by atoms with Crippen LogP contribution in [0.5, 0.6) is 11.5 Å². The number of hydrogen-bond donors (Lipinski definition) is 0. The van der Waals surface area contributed by atoms with E-state index < -0.39 is 245 Å². The molecule has 0 saturated heterocycles. The van der Waals surface area contributed by atoms with Crippen molar-refractivity contribution in [2.75, 3.05) is 0 Å². The minimum absolute atomic E-state index is 0.264. The van der Waals surface area contributed by atoms with Gasteiger partial charge in [0, 0.05) is 10.9 Å². The summed E-state index contributed by atoms with van der Waals surface area (Å²) in [5, 5.41) is -3.39. The first kappa shape index (κ1) is 10.3. The van der Waals surface area contributed by atoms with Crippen LogP contribution in [0.4, 0.5) is 0 Å². The maximum atomic E-state index is 9.79. The third kappa shape index (κ3) is 3.62. The second kappa shape index (κ2) is 9.29. The van der Waals surface area contributed by atoms with Crippen LogP contribution in [-0.4, -0.2) is 0 Å². The van der Waals surface area contributed by atoms with Crippen LogP contribution in [0.15, 0.2) is 157 Å². The van der Waals surface area contributed by atoms with Gasteiger partial charge in [0.15, 0.2) is 0 Å². The first-order valence-electron chi connectivity index (χ1n) is 26.4. The first-order chi connectivity index (χ1) is 33.2. The molecule has 0 bridgehead atoms. The Bertz CT molecular complexity index is 4030. The predicted octanol–water partition coefficient (Wildman–Crippen LogP) is 12.5. The zero-order chi connectivity index (χ0) is 52.1. The first-order valence-corrected chi connectivity index (χ1v) is 13.4. The largest absolute Gasteiger partial charge is 0.456 e. The van der Waals surface area contributed by atoms with Crippen LogP contribution >= 0.6 is 0 Å². The molecule has 208 valence electrons. The lowest BCUT2D eigenvalue weighted by Crippen LogP contribution is -1.98. The number of benzene rings is 9. The second-order valence-electron chi connectivity index (χ2n) is 10.0. The van der Waals surface area contributed by atoms with Crippen molar-refractivity contribution >= 4 is 43.1 Å². The third-order valence-corrected chi connectivity index (χ3v) is 7.57. The summed E-state index contributed by atoms with van der Waals surface area (Å²) in [6.07, 6.45) is 0. The Morgan fingerprint density at radius 3 is 1.78 bits per heavy atom. The summed E-state index contributed by atoms with van der Waals surface area (Å²) < 4.78 is 239. The van der Waals surface area contributed by atoms with Gasteiger partial charge < -0.3 is 4.74 Å². The average molecular weight is 597 g/mol. The Hall–Kier alpha value is -5.92. The Kier molecular flexibility index (Phi) is 2.13. The van der Waals surface area contributed by atoms with Crippen LogP contribution in [0.2, 0.25) is 0 Å². The van der Waals surface area contributed by atoms with E-state index in [1.165, 1.54) is 0 Å². The van der Waals surface area contributed by atoms with E-state index in [4.69, 9.17) is 25.3 Å². The molecule has 45 heavy (non-hydrogen) atoms. The van der Waals surface area contributed by atoms with Crippen molar-refractivity contribution in [2.24, 2.45) is 0 Å². The number of rotatable bonds is 3. The monoisotopic (exact) mass is 596 g/mol. The highest BCUT2D eigenvalue weighted by Gasteiger charge is 2.22. The summed E-state index contributed by atoms with van der Waals surface area (Å²) in [5.74, 6) is -1.32. The van der Waals surface area contributed by atoms with Crippen LogP contribution in [0, 0.1) is 0 Å². The highest BCUT2D eigenvalue weighted by atomic mass is 16.5. The Morgan fingerprint density at radius 2 is 0.956 bits per heavy atom. The van der Waals surface area contributed by atoms with E-state index in [1.54, 1.807) is 0 Å². The maximum Gasteiger partial charge on any atom is 0.135 e. The van der Waals surface area contributed by atoms with Crippen LogP contribution < -0.4 is 4.74 Å². The van der Waals surface area contributed by atoms with E-state index in [-0.39, 0.29) is 10.8 Å². The molecule has 9 aromatic carbocycles. The molecular weight excluding hydrogens is 544 g/mol. The molecule has 0 spiro atoms. The quantitative estimate of drug-likeness (QED) is 0.184. The summed E-state index contributed by atoms with van der Waals surface area (Å²) in [6, 6.07) is -22.1. The lowest BCUT2D eigenvalue weighted by molar-refractivity contribution is 0.487. The summed E-state index contributed by atoms with van der Waals surface area (Å²) in [7, 11) is 0. The molecule has 1 heteroatoms. The van der Waals surface area contributed by atoms with E-state index in [1.807, 2.05) is 0 Å². The van der Waals surface area contributed by atoms with Gasteiger partial charge in [-0.15, -0.1) is 0 Å². The van der Waals surface area contributed by atoms with Gasteiger partial charge in [-0.3, -0.25) is 0 Å². The van der Waals surface area contributed by atoms with Crippen molar-refractivity contribution in [1.82, 2.24) is 0 Å². The molecule has 0 fully saturated rings. The van der Waals surface area contributed by atoms with E-state index in [0.717, 1.165) is 0 Å². The fourth-order valence-electron chi connectivity index (χ4n) is 5.61. The van der Waals surface area contributed by atoms with Gasteiger partial charge in [-0.05, 0) is 101 Å². The molecule has 0 N–H and O–H groups in total. The van der Waals surface area contributed by atoms with Crippen LogP contribution in [0.25, 0.3) is 87.6 Å². The third-order valence-electron chi connectivity index (χ3n) is 7.57. The zero-order valence-electron chi connectivity index (χ0n) is 48.4. The van der Waals surface area contributed by atoms with Crippen molar-refractivity contribution < 1.29 is 40.4 Å². The minimum Gasteiger partial charge on any atom is -0.456 e. The highest BCUT2D eigenvalue weighted by molar-refractivity contribution is 6.25. The minimum atomic E-state index is -1.01. The van der Waals surface area contributed by atoms with Crippen molar-refractivity contribution in [2.45, 2.75) is 0 Å². The lowest BCUT2D eigenvalue weighted by atomic mass is 9.87. The van der Waals surface area contributed by atoms with E-state index in [2.05, 4.69) is 0 Å². The molecule has 1 nitrogen and oxygen atoms in total. The second-order valence-corrected chi connectivity index (χ2v) is 10.0. The summed E-state index contributed by atoms with van der Waals surface area (Å²) >= 11 is 0. The predicted molar refractivity (Wildman–Crippen MR) is 189 cm³/mol. The highest BCUT2D eigenvalue weighted by Crippen LogP contribution is 2.50. The van der Waals surface area contributed by atoms with Crippen molar-refractivity contribution in [1.29, 1.82) is 0 Å². The fraction of sp³-hybridized carbons (Fsp3) is 0. The van der Waals surface area contributed by atoms with Gasteiger partial charge in [0.2, 0.25) is 0 Å². The molecule has 0 atom stereocenters. The molecule has 10 rings (SSSR count). The molecule has 0 unspecified atom stereocenters. The van der Waals surface area contributed by atoms with E-state index >= 15 is 0 Å². The van der Waals surface area contributed by atoms with E-state index in [9.17, 15) is 15.1 Å². The SMILES string of the molecule is [2H]c1c([2H])c([2H])c(-c2c([2H])c([2H])c3c(c2[2H])-c2c([2H])c([2H])c([2H])c4c(-c5c([2H])c([2H])c([2H])c(-c6c([2H])c([2H])c7c([2H])c([2H])c8c([2H])c([2H])c([2H])c9c([2H])c([2H])c6c7c89)c5[2H])c([2H])c([2H])c(c24)O3)c([2H])c1[2H]. The molecule has 1 aliphatic rings. The summed E-state index contributed by atoms with van der Waals surface area (Å²) in [4.78, 5) is 0. The maximum absolute atomic E-state index is 9.79. The number of ether oxygens (including phenoxy) is 1. The lowest BCUT2D eigenvalue weighted by Gasteiger charge is -2.23. The van der Waals surface area contributed by atoms with Gasteiger partial charge in [0.25, 0.3) is 0 Å². The molecule has 1 heterocycles. The van der Waals surface area contributed by atoms with Gasteiger partial charge in [-0.2, -0.15) is 0 Å². The van der Waals surface area contributed by atoms with Gasteiger partial charge in [-0.25, -0.2) is 0 Å². The molecule has 9 aromatic rings. The van der Waals surface area contributed by atoms with Crippen LogP contribution in [0.1, 0.15) is 35.6 Å². The number of fused-ring (bicyclic) bond motifs is 2. The van der Waals surface area contributed by atoms with Crippen molar-refractivity contribution in [3.63, 3.8) is 0 Å². The molecule has 0 aliphatic carbocycles. The molecular formula is C44H26O. The normalized spacial score (nSPS) is 20.3. The Morgan fingerprint density at radius 1 is 0.333 bits per heavy atom. The van der Waals surface area contributed by atoms with Crippen molar-refractivity contribution in [3.8, 4) is 56.0 Å². The van der Waals surface area contributed by atoms with E-state index in [0.29, 0.717) is 0 Å². The van der Waals surface area contributed by atoms with Gasteiger partial charge in [-0.1, -0.05) is 133 Å². The van der Waals surface area contributed by atoms with Gasteiger partial charge >= 0.3 is 0 Å². The van der Waals surface area contributed by atoms with Crippen LogP contribution in [0.3, 0.4) is 0 Å². The summed E-state index contributed by atoms with van der Waals surface area (Å²) in [5.41, 5.74) is -5.40. The summed E-state index contributed by atoms with van der Waals surface area (Å²) in [6.45, 7) is 0.